The summed E-state index contributed by atoms with van der Waals surface area (Å²) in [4.78, 5) is 4.03. The molecule has 4 aromatic rings. The lowest BCUT2D eigenvalue weighted by atomic mass is 10.2. The first-order chi connectivity index (χ1) is 9.84. The molecule has 20 heavy (non-hydrogen) atoms. The number of para-hydroxylation sites is 3. The van der Waals surface area contributed by atoms with Gasteiger partial charge < -0.3 is 5.11 Å². The minimum atomic E-state index is 0.239. The van der Waals surface area contributed by atoms with Crippen LogP contribution in [-0.4, -0.2) is 25.5 Å². The number of H-pyrrole nitrogens is 1. The van der Waals surface area contributed by atoms with Crippen LogP contribution in [0.25, 0.3) is 21.9 Å². The van der Waals surface area contributed by atoms with Crippen molar-refractivity contribution in [3.05, 3.63) is 60.8 Å². The number of nitrogens with one attached hydrogen (secondary N) is 1. The van der Waals surface area contributed by atoms with Gasteiger partial charge in [0, 0.05) is 11.6 Å². The summed E-state index contributed by atoms with van der Waals surface area (Å²) in [5.41, 5.74) is 2.49. The fourth-order valence-corrected chi connectivity index (χ4v) is 1.87. The van der Waals surface area contributed by atoms with Crippen molar-refractivity contribution in [3.63, 3.8) is 0 Å². The number of phenolic OH excluding ortho intramolecular Hbond substituents is 1. The Bertz CT molecular complexity index is 806. The van der Waals surface area contributed by atoms with Gasteiger partial charge in [-0.15, -0.1) is 0 Å². The molecule has 0 fully saturated rings. The van der Waals surface area contributed by atoms with Gasteiger partial charge in [-0.1, -0.05) is 30.3 Å². The van der Waals surface area contributed by atoms with Crippen molar-refractivity contribution in [1.82, 2.24) is 20.4 Å². The Morgan fingerprint density at radius 1 is 0.800 bits per heavy atom. The average Bonchev–Trinajstić information content (AvgIpc) is 2.97. The summed E-state index contributed by atoms with van der Waals surface area (Å²) < 4.78 is 0. The highest BCUT2D eigenvalue weighted by molar-refractivity contribution is 5.83. The normalized spacial score (nSPS) is 10.2. The van der Waals surface area contributed by atoms with E-state index in [1.54, 1.807) is 18.3 Å². The summed E-state index contributed by atoms with van der Waals surface area (Å²) in [6.45, 7) is 0. The largest absolute Gasteiger partial charge is 0.506 e. The highest BCUT2D eigenvalue weighted by atomic mass is 16.3. The number of benzene rings is 2. The molecule has 5 heteroatoms. The molecular formula is C15H12N4O. The van der Waals surface area contributed by atoms with Crippen LogP contribution in [0.15, 0.2) is 60.8 Å². The lowest BCUT2D eigenvalue weighted by Crippen LogP contribution is -1.76. The minimum absolute atomic E-state index is 0.239. The zero-order valence-corrected chi connectivity index (χ0v) is 10.6. The molecule has 2 heterocycles. The van der Waals surface area contributed by atoms with E-state index in [0.717, 1.165) is 16.4 Å². The minimum Gasteiger partial charge on any atom is -0.506 e. The molecule has 0 aliphatic rings. The van der Waals surface area contributed by atoms with Gasteiger partial charge in [0.15, 0.2) is 0 Å². The van der Waals surface area contributed by atoms with Crippen molar-refractivity contribution in [2.75, 3.05) is 0 Å². The molecule has 0 radical (unpaired) electrons. The van der Waals surface area contributed by atoms with E-state index in [1.807, 2.05) is 42.5 Å². The third-order valence-electron chi connectivity index (χ3n) is 2.83. The molecule has 4 rings (SSSR count). The van der Waals surface area contributed by atoms with Gasteiger partial charge in [-0.05, 0) is 24.3 Å². The van der Waals surface area contributed by atoms with Crippen LogP contribution in [-0.2, 0) is 0 Å². The van der Waals surface area contributed by atoms with E-state index >= 15 is 0 Å². The summed E-state index contributed by atoms with van der Waals surface area (Å²) in [6, 6.07) is 16.8. The molecule has 0 unspecified atom stereocenters. The standard InChI is InChI=1S/C9H7NO.C6H5N3/c11-8-5-1-3-7-4-2-6-10-9(7)8;1-2-4-6-5(3-1)7-9-8-6/h1-6,11H;1-4H,(H,7,8,9). The van der Waals surface area contributed by atoms with Crippen LogP contribution in [0.2, 0.25) is 0 Å². The number of aromatic nitrogens is 4. The van der Waals surface area contributed by atoms with Crippen molar-refractivity contribution >= 4 is 21.9 Å². The first-order valence-corrected chi connectivity index (χ1v) is 6.13. The molecular weight excluding hydrogens is 252 g/mol. The predicted octanol–water partition coefficient (Wildman–Crippen LogP) is 2.90. The van der Waals surface area contributed by atoms with Gasteiger partial charge >= 0.3 is 0 Å². The Morgan fingerprint density at radius 2 is 1.50 bits per heavy atom. The van der Waals surface area contributed by atoms with Gasteiger partial charge in [0.05, 0.1) is 0 Å². The quantitative estimate of drug-likeness (QED) is 0.512. The van der Waals surface area contributed by atoms with E-state index in [2.05, 4.69) is 20.4 Å². The fourth-order valence-electron chi connectivity index (χ4n) is 1.87. The Balaban J connectivity index is 0.000000123. The van der Waals surface area contributed by atoms with E-state index in [4.69, 9.17) is 0 Å². The topological polar surface area (TPSA) is 74.7 Å². The fraction of sp³-hybridized carbons (Fsp3) is 0. The van der Waals surface area contributed by atoms with Gasteiger partial charge in [-0.2, -0.15) is 15.4 Å². The molecule has 2 aromatic carbocycles. The molecule has 0 aliphatic heterocycles. The number of phenols is 1. The molecule has 0 aliphatic carbocycles. The van der Waals surface area contributed by atoms with Crippen LogP contribution in [0, 0.1) is 0 Å². The van der Waals surface area contributed by atoms with Crippen LogP contribution in [0.3, 0.4) is 0 Å². The van der Waals surface area contributed by atoms with Gasteiger partial charge in [-0.3, -0.25) is 4.98 Å². The second-order valence-electron chi connectivity index (χ2n) is 4.16. The summed E-state index contributed by atoms with van der Waals surface area (Å²) in [7, 11) is 0. The lowest BCUT2D eigenvalue weighted by molar-refractivity contribution is 0.480. The number of rotatable bonds is 0. The van der Waals surface area contributed by atoms with Gasteiger partial charge in [0.1, 0.15) is 22.3 Å². The van der Waals surface area contributed by atoms with Gasteiger partial charge in [0.25, 0.3) is 0 Å². The van der Waals surface area contributed by atoms with Gasteiger partial charge in [0.2, 0.25) is 0 Å². The molecule has 0 spiro atoms. The van der Waals surface area contributed by atoms with E-state index in [-0.39, 0.29) is 5.75 Å². The number of hydrogen-bond acceptors (Lipinski definition) is 4. The SMILES string of the molecule is Oc1cccc2cccnc12.c1ccc2n[nH]nc2c1. The molecule has 0 atom stereocenters. The third-order valence-corrected chi connectivity index (χ3v) is 2.83. The van der Waals surface area contributed by atoms with E-state index in [9.17, 15) is 5.11 Å². The number of fused-ring (bicyclic) bond motifs is 2. The zero-order valence-electron chi connectivity index (χ0n) is 10.6. The Labute approximate surface area is 114 Å². The molecule has 0 bridgehead atoms. The zero-order chi connectivity index (χ0) is 13.8. The maximum Gasteiger partial charge on any atom is 0.141 e. The van der Waals surface area contributed by atoms with Crippen LogP contribution in [0.1, 0.15) is 0 Å². The second-order valence-corrected chi connectivity index (χ2v) is 4.16. The van der Waals surface area contributed by atoms with Crippen LogP contribution < -0.4 is 0 Å². The van der Waals surface area contributed by atoms with Crippen molar-refractivity contribution in [1.29, 1.82) is 0 Å². The Kier molecular flexibility index (Phi) is 3.24. The van der Waals surface area contributed by atoms with Crippen LogP contribution in [0.4, 0.5) is 0 Å². The summed E-state index contributed by atoms with van der Waals surface area (Å²) >= 11 is 0. The van der Waals surface area contributed by atoms with Crippen molar-refractivity contribution in [2.45, 2.75) is 0 Å². The smallest absolute Gasteiger partial charge is 0.141 e. The highest BCUT2D eigenvalue weighted by Crippen LogP contribution is 2.20. The lowest BCUT2D eigenvalue weighted by Gasteiger charge is -1.96. The number of aromatic amines is 1. The first kappa shape index (κ1) is 12.1. The summed E-state index contributed by atoms with van der Waals surface area (Å²) in [5, 5.41) is 20.6. The number of pyridine rings is 1. The maximum absolute atomic E-state index is 9.31. The Hall–Kier alpha value is -2.95. The first-order valence-electron chi connectivity index (χ1n) is 6.13. The van der Waals surface area contributed by atoms with Crippen LogP contribution >= 0.6 is 0 Å². The highest BCUT2D eigenvalue weighted by Gasteiger charge is 1.96. The summed E-state index contributed by atoms with van der Waals surface area (Å²) in [6.07, 6.45) is 1.67. The second kappa shape index (κ2) is 5.36. The molecule has 0 amide bonds. The van der Waals surface area contributed by atoms with E-state index < -0.39 is 0 Å². The molecule has 0 saturated heterocycles. The van der Waals surface area contributed by atoms with Crippen molar-refractivity contribution in [2.24, 2.45) is 0 Å². The van der Waals surface area contributed by atoms with E-state index in [1.165, 1.54) is 0 Å². The molecule has 98 valence electrons. The predicted molar refractivity (Wildman–Crippen MR) is 77.3 cm³/mol. The third kappa shape index (κ3) is 2.42. The average molecular weight is 264 g/mol. The maximum atomic E-state index is 9.31. The molecule has 2 aromatic heterocycles. The number of hydrogen-bond donors (Lipinski definition) is 2. The monoisotopic (exact) mass is 264 g/mol. The van der Waals surface area contributed by atoms with Crippen LogP contribution in [0.5, 0.6) is 5.75 Å². The van der Waals surface area contributed by atoms with Gasteiger partial charge in [-0.25, -0.2) is 0 Å². The molecule has 0 saturated carbocycles. The number of aromatic hydroxyl groups is 1. The summed E-state index contributed by atoms with van der Waals surface area (Å²) in [5.74, 6) is 0.239. The van der Waals surface area contributed by atoms with Crippen molar-refractivity contribution < 1.29 is 5.11 Å². The number of nitrogens with zero attached hydrogens (tertiary/aromatic N) is 3. The molecule has 5 nitrogen and oxygen atoms in total. The van der Waals surface area contributed by atoms with Crippen molar-refractivity contribution in [3.8, 4) is 5.75 Å². The Morgan fingerprint density at radius 3 is 2.20 bits per heavy atom. The molecule has 2 N–H and O–H groups in total. The van der Waals surface area contributed by atoms with E-state index in [0.29, 0.717) is 5.52 Å².